The van der Waals surface area contributed by atoms with E-state index in [2.05, 4.69) is 27.8 Å². The maximum absolute atomic E-state index is 12.7. The number of benzene rings is 3. The van der Waals surface area contributed by atoms with Crippen molar-refractivity contribution in [2.45, 2.75) is 19.0 Å². The van der Waals surface area contributed by atoms with Crippen molar-refractivity contribution < 1.29 is 19.1 Å². The SMILES string of the molecule is COC(=O)C(CNC(=O)CN[C@@H](C)c1ccccc1)NC(=O)c1ccc(C#CC=Cc2ccccc2)cc1. The van der Waals surface area contributed by atoms with Gasteiger partial charge in [-0.25, -0.2) is 4.79 Å². The lowest BCUT2D eigenvalue weighted by Crippen LogP contribution is -2.50. The zero-order chi connectivity index (χ0) is 27.2. The number of carbonyl (C=O) groups is 3. The van der Waals surface area contributed by atoms with Crippen LogP contribution in [0.25, 0.3) is 6.08 Å². The smallest absolute Gasteiger partial charge is 0.330 e. The minimum Gasteiger partial charge on any atom is -0.467 e. The van der Waals surface area contributed by atoms with Crippen molar-refractivity contribution in [3.63, 3.8) is 0 Å². The van der Waals surface area contributed by atoms with E-state index in [9.17, 15) is 14.4 Å². The highest BCUT2D eigenvalue weighted by molar-refractivity contribution is 5.97. The molecule has 0 fully saturated rings. The monoisotopic (exact) mass is 509 g/mol. The van der Waals surface area contributed by atoms with Crippen molar-refractivity contribution in [3.8, 4) is 11.8 Å². The first kappa shape index (κ1) is 27.9. The second-order valence-electron chi connectivity index (χ2n) is 8.46. The molecule has 0 aliphatic carbocycles. The number of carbonyl (C=O) groups excluding carboxylic acids is 3. The van der Waals surface area contributed by atoms with Gasteiger partial charge in [-0.3, -0.25) is 9.59 Å². The molecule has 7 nitrogen and oxygen atoms in total. The lowest BCUT2D eigenvalue weighted by Gasteiger charge is -2.18. The summed E-state index contributed by atoms with van der Waals surface area (Å²) in [6.45, 7) is 1.91. The number of esters is 1. The van der Waals surface area contributed by atoms with Crippen molar-refractivity contribution in [2.24, 2.45) is 0 Å². The molecule has 3 N–H and O–H groups in total. The van der Waals surface area contributed by atoms with Gasteiger partial charge in [0.2, 0.25) is 5.91 Å². The molecule has 38 heavy (non-hydrogen) atoms. The zero-order valence-electron chi connectivity index (χ0n) is 21.4. The van der Waals surface area contributed by atoms with Crippen LogP contribution in [0, 0.1) is 11.8 Å². The van der Waals surface area contributed by atoms with Crippen molar-refractivity contribution in [3.05, 3.63) is 113 Å². The van der Waals surface area contributed by atoms with Gasteiger partial charge in [0.15, 0.2) is 0 Å². The fourth-order valence-electron chi connectivity index (χ4n) is 3.49. The third kappa shape index (κ3) is 9.08. The highest BCUT2D eigenvalue weighted by Crippen LogP contribution is 2.10. The van der Waals surface area contributed by atoms with Gasteiger partial charge in [-0.2, -0.15) is 0 Å². The Labute approximate surface area is 223 Å². The lowest BCUT2D eigenvalue weighted by molar-refractivity contribution is -0.142. The maximum Gasteiger partial charge on any atom is 0.330 e. The fourth-order valence-corrected chi connectivity index (χ4v) is 3.49. The molecule has 0 spiro atoms. The van der Waals surface area contributed by atoms with Crippen LogP contribution < -0.4 is 16.0 Å². The van der Waals surface area contributed by atoms with E-state index in [4.69, 9.17) is 4.74 Å². The minimum absolute atomic E-state index is 0.0226. The van der Waals surface area contributed by atoms with Crippen LogP contribution in [0.5, 0.6) is 0 Å². The zero-order valence-corrected chi connectivity index (χ0v) is 21.4. The molecule has 0 bridgehead atoms. The Morgan fingerprint density at radius 1 is 0.921 bits per heavy atom. The minimum atomic E-state index is -1.04. The summed E-state index contributed by atoms with van der Waals surface area (Å²) in [5.41, 5.74) is 3.21. The van der Waals surface area contributed by atoms with E-state index < -0.39 is 17.9 Å². The average Bonchev–Trinajstić information content (AvgIpc) is 2.97. The highest BCUT2D eigenvalue weighted by Gasteiger charge is 2.23. The second-order valence-corrected chi connectivity index (χ2v) is 8.46. The number of hydrogen-bond acceptors (Lipinski definition) is 5. The summed E-state index contributed by atoms with van der Waals surface area (Å²) in [5.74, 6) is 4.56. The van der Waals surface area contributed by atoms with E-state index in [1.807, 2.05) is 73.7 Å². The summed E-state index contributed by atoms with van der Waals surface area (Å²) in [6, 6.07) is 25.2. The molecule has 0 aliphatic rings. The van der Waals surface area contributed by atoms with E-state index in [-0.39, 0.29) is 25.0 Å². The first-order chi connectivity index (χ1) is 18.5. The predicted molar refractivity (Wildman–Crippen MR) is 148 cm³/mol. The Morgan fingerprint density at radius 3 is 2.24 bits per heavy atom. The molecule has 194 valence electrons. The molecular formula is C31H31N3O4. The summed E-state index contributed by atoms with van der Waals surface area (Å²) in [5, 5.41) is 8.43. The average molecular weight is 510 g/mol. The van der Waals surface area contributed by atoms with Crippen LogP contribution in [0.2, 0.25) is 0 Å². The standard InChI is InChI=1S/C31H31N3O4/c1-23(26-15-7-4-8-16-26)32-22-29(35)33-21-28(31(37)38-2)34-30(36)27-19-17-25(18-20-27)14-10-9-13-24-11-5-3-6-12-24/h3-9,11-13,15-20,23,28,32H,21-22H2,1-2H3,(H,33,35)(H,34,36)/t23-,28?/m0/s1. The molecule has 3 aromatic carbocycles. The molecular weight excluding hydrogens is 478 g/mol. The Kier molecular flexibility index (Phi) is 10.9. The van der Waals surface area contributed by atoms with Crippen LogP contribution in [0.1, 0.15) is 40.0 Å². The van der Waals surface area contributed by atoms with Crippen LogP contribution in [0.4, 0.5) is 0 Å². The van der Waals surface area contributed by atoms with E-state index in [0.29, 0.717) is 5.56 Å². The first-order valence-corrected chi connectivity index (χ1v) is 12.2. The Hall–Kier alpha value is -4.67. The molecule has 0 saturated heterocycles. The maximum atomic E-state index is 12.7. The van der Waals surface area contributed by atoms with Gasteiger partial charge in [0.05, 0.1) is 13.7 Å². The fraction of sp³-hybridized carbons (Fsp3) is 0.194. The normalized spacial score (nSPS) is 12.1. The van der Waals surface area contributed by atoms with Gasteiger partial charge in [-0.15, -0.1) is 0 Å². The van der Waals surface area contributed by atoms with Crippen LogP contribution in [0.3, 0.4) is 0 Å². The predicted octanol–water partition coefficient (Wildman–Crippen LogP) is 3.49. The van der Waals surface area contributed by atoms with Crippen molar-refractivity contribution in [2.75, 3.05) is 20.2 Å². The molecule has 0 saturated carbocycles. The number of rotatable bonds is 10. The molecule has 1 unspecified atom stereocenters. The molecule has 3 aromatic rings. The van der Waals surface area contributed by atoms with E-state index >= 15 is 0 Å². The Morgan fingerprint density at radius 2 is 1.58 bits per heavy atom. The van der Waals surface area contributed by atoms with Gasteiger partial charge in [-0.05, 0) is 54.5 Å². The van der Waals surface area contributed by atoms with Gasteiger partial charge in [0.25, 0.3) is 5.91 Å². The van der Waals surface area contributed by atoms with Crippen LogP contribution in [-0.4, -0.2) is 44.0 Å². The Bertz CT molecular complexity index is 1290. The van der Waals surface area contributed by atoms with Gasteiger partial charge in [0, 0.05) is 23.7 Å². The third-order valence-electron chi connectivity index (χ3n) is 5.69. The molecule has 7 heteroatoms. The lowest BCUT2D eigenvalue weighted by atomic mass is 10.1. The molecule has 2 atom stereocenters. The summed E-state index contributed by atoms with van der Waals surface area (Å²) in [6.07, 6.45) is 3.68. The molecule has 0 heterocycles. The summed E-state index contributed by atoms with van der Waals surface area (Å²) >= 11 is 0. The van der Waals surface area contributed by atoms with Crippen LogP contribution >= 0.6 is 0 Å². The molecule has 0 radical (unpaired) electrons. The second kappa shape index (κ2) is 14.8. The molecule has 3 rings (SSSR count). The van der Waals surface area contributed by atoms with Gasteiger partial charge < -0.3 is 20.7 Å². The van der Waals surface area contributed by atoms with Gasteiger partial charge in [-0.1, -0.05) is 72.5 Å². The van der Waals surface area contributed by atoms with Gasteiger partial charge in [0.1, 0.15) is 6.04 Å². The molecule has 0 aromatic heterocycles. The largest absolute Gasteiger partial charge is 0.467 e. The number of allylic oxidation sites excluding steroid dienone is 1. The summed E-state index contributed by atoms with van der Waals surface area (Å²) < 4.78 is 4.80. The summed E-state index contributed by atoms with van der Waals surface area (Å²) in [4.78, 5) is 37.3. The quantitative estimate of drug-likeness (QED) is 0.287. The van der Waals surface area contributed by atoms with E-state index in [1.165, 1.54) is 7.11 Å². The number of methoxy groups -OCH3 is 1. The van der Waals surface area contributed by atoms with Gasteiger partial charge >= 0.3 is 5.97 Å². The van der Waals surface area contributed by atoms with Crippen molar-refractivity contribution in [1.82, 2.24) is 16.0 Å². The Balaban J connectivity index is 1.50. The first-order valence-electron chi connectivity index (χ1n) is 12.2. The van der Waals surface area contributed by atoms with Crippen molar-refractivity contribution >= 4 is 23.9 Å². The third-order valence-corrected chi connectivity index (χ3v) is 5.69. The number of amides is 2. The van der Waals surface area contributed by atoms with E-state index in [1.54, 1.807) is 30.3 Å². The van der Waals surface area contributed by atoms with E-state index in [0.717, 1.165) is 16.7 Å². The number of hydrogen-bond donors (Lipinski definition) is 3. The number of ether oxygens (including phenoxy) is 1. The highest BCUT2D eigenvalue weighted by atomic mass is 16.5. The topological polar surface area (TPSA) is 96.5 Å². The molecule has 0 aliphatic heterocycles. The summed E-state index contributed by atoms with van der Waals surface area (Å²) in [7, 11) is 1.23. The molecule has 2 amide bonds. The van der Waals surface area contributed by atoms with Crippen molar-refractivity contribution in [1.29, 1.82) is 0 Å². The number of nitrogens with one attached hydrogen (secondary N) is 3. The van der Waals surface area contributed by atoms with Crippen LogP contribution in [0.15, 0.2) is 91.0 Å². The van der Waals surface area contributed by atoms with Crippen LogP contribution in [-0.2, 0) is 14.3 Å².